The number of sulfone groups is 1. The SMILES string of the molecule is C=N/C(=C\c1cccnc1C)c1ccnc(S(C)(=O)=O)n1. The Balaban J connectivity index is 2.53. The Labute approximate surface area is 123 Å². The molecule has 2 aromatic heterocycles. The molecular formula is C14H14N4O2S. The normalized spacial score (nSPS) is 12.2. The number of aliphatic imine (C=N–C) groups is 1. The van der Waals surface area contributed by atoms with Gasteiger partial charge in [-0.2, -0.15) is 0 Å². The van der Waals surface area contributed by atoms with E-state index in [9.17, 15) is 8.42 Å². The predicted molar refractivity (Wildman–Crippen MR) is 81.5 cm³/mol. The Kier molecular flexibility index (Phi) is 4.23. The molecule has 0 atom stereocenters. The van der Waals surface area contributed by atoms with E-state index in [0.29, 0.717) is 11.4 Å². The third-order valence-corrected chi connectivity index (χ3v) is 3.60. The highest BCUT2D eigenvalue weighted by atomic mass is 32.2. The van der Waals surface area contributed by atoms with E-state index in [1.165, 1.54) is 6.20 Å². The summed E-state index contributed by atoms with van der Waals surface area (Å²) in [6, 6.07) is 5.27. The third kappa shape index (κ3) is 3.57. The van der Waals surface area contributed by atoms with Crippen molar-refractivity contribution in [2.75, 3.05) is 6.26 Å². The summed E-state index contributed by atoms with van der Waals surface area (Å²) in [5, 5.41) is -0.238. The van der Waals surface area contributed by atoms with Crippen molar-refractivity contribution in [2.45, 2.75) is 12.1 Å². The minimum atomic E-state index is -3.47. The fourth-order valence-electron chi connectivity index (χ4n) is 1.66. The van der Waals surface area contributed by atoms with Gasteiger partial charge < -0.3 is 0 Å². The van der Waals surface area contributed by atoms with Gasteiger partial charge in [0.2, 0.25) is 15.0 Å². The van der Waals surface area contributed by atoms with Crippen molar-refractivity contribution in [2.24, 2.45) is 4.99 Å². The number of hydrogen-bond acceptors (Lipinski definition) is 6. The second kappa shape index (κ2) is 5.92. The van der Waals surface area contributed by atoms with Gasteiger partial charge in [-0.15, -0.1) is 0 Å². The molecule has 2 aromatic rings. The molecule has 0 radical (unpaired) electrons. The van der Waals surface area contributed by atoms with Crippen LogP contribution >= 0.6 is 0 Å². The van der Waals surface area contributed by atoms with Gasteiger partial charge >= 0.3 is 0 Å². The van der Waals surface area contributed by atoms with Crippen LogP contribution in [0.2, 0.25) is 0 Å². The van der Waals surface area contributed by atoms with Crippen LogP contribution in [0.25, 0.3) is 11.8 Å². The summed E-state index contributed by atoms with van der Waals surface area (Å²) in [7, 11) is -3.47. The zero-order chi connectivity index (χ0) is 15.5. The molecule has 21 heavy (non-hydrogen) atoms. The Morgan fingerprint density at radius 3 is 2.67 bits per heavy atom. The van der Waals surface area contributed by atoms with E-state index in [1.54, 1.807) is 24.4 Å². The van der Waals surface area contributed by atoms with E-state index in [0.717, 1.165) is 17.5 Å². The van der Waals surface area contributed by atoms with Crippen LogP contribution < -0.4 is 0 Å². The lowest BCUT2D eigenvalue weighted by Gasteiger charge is -2.04. The number of hydrogen-bond donors (Lipinski definition) is 0. The van der Waals surface area contributed by atoms with E-state index in [1.807, 2.05) is 13.0 Å². The van der Waals surface area contributed by atoms with Gasteiger partial charge in [-0.1, -0.05) is 6.07 Å². The first-order valence-electron chi connectivity index (χ1n) is 6.05. The Morgan fingerprint density at radius 2 is 2.05 bits per heavy atom. The third-order valence-electron chi connectivity index (χ3n) is 2.74. The topological polar surface area (TPSA) is 85.2 Å². The zero-order valence-electron chi connectivity index (χ0n) is 11.7. The lowest BCUT2D eigenvalue weighted by atomic mass is 10.1. The van der Waals surface area contributed by atoms with Gasteiger partial charge in [0.25, 0.3) is 0 Å². The number of aromatic nitrogens is 3. The minimum Gasteiger partial charge on any atom is -0.262 e. The van der Waals surface area contributed by atoms with Gasteiger partial charge in [0, 0.05) is 24.3 Å². The monoisotopic (exact) mass is 302 g/mol. The second-order valence-corrected chi connectivity index (χ2v) is 6.27. The van der Waals surface area contributed by atoms with E-state index in [4.69, 9.17) is 0 Å². The van der Waals surface area contributed by atoms with Crippen molar-refractivity contribution in [3.8, 4) is 0 Å². The number of nitrogens with zero attached hydrogens (tertiary/aromatic N) is 4. The average Bonchev–Trinajstić information content (AvgIpc) is 2.46. The molecule has 0 N–H and O–H groups in total. The maximum absolute atomic E-state index is 11.5. The van der Waals surface area contributed by atoms with Gasteiger partial charge in [-0.3, -0.25) is 9.98 Å². The van der Waals surface area contributed by atoms with Crippen LogP contribution in [0.4, 0.5) is 0 Å². The van der Waals surface area contributed by atoms with Crippen molar-refractivity contribution in [3.63, 3.8) is 0 Å². The first-order chi connectivity index (χ1) is 9.91. The summed E-state index contributed by atoms with van der Waals surface area (Å²) in [5.74, 6) is 0. The average molecular weight is 302 g/mol. The highest BCUT2D eigenvalue weighted by Crippen LogP contribution is 2.19. The number of pyridine rings is 1. The molecule has 0 spiro atoms. The van der Waals surface area contributed by atoms with Crippen LogP contribution in [-0.2, 0) is 9.84 Å². The lowest BCUT2D eigenvalue weighted by Crippen LogP contribution is -2.05. The first-order valence-corrected chi connectivity index (χ1v) is 7.94. The van der Waals surface area contributed by atoms with Crippen LogP contribution in [0.1, 0.15) is 17.0 Å². The highest BCUT2D eigenvalue weighted by Gasteiger charge is 2.13. The van der Waals surface area contributed by atoms with Gasteiger partial charge in [-0.25, -0.2) is 18.4 Å². The predicted octanol–water partition coefficient (Wildman–Crippen LogP) is 1.78. The smallest absolute Gasteiger partial charge is 0.247 e. The lowest BCUT2D eigenvalue weighted by molar-refractivity contribution is 0.592. The molecule has 0 bridgehead atoms. The summed E-state index contributed by atoms with van der Waals surface area (Å²) in [6.07, 6.45) is 5.89. The summed E-state index contributed by atoms with van der Waals surface area (Å²) >= 11 is 0. The quantitative estimate of drug-likeness (QED) is 0.635. The molecule has 2 rings (SSSR count). The molecule has 2 heterocycles. The van der Waals surface area contributed by atoms with Gasteiger partial charge in [0.1, 0.15) is 0 Å². The summed E-state index contributed by atoms with van der Waals surface area (Å²) in [6.45, 7) is 5.38. The fraction of sp³-hybridized carbons (Fsp3) is 0.143. The molecule has 0 aliphatic heterocycles. The van der Waals surface area contributed by atoms with Gasteiger partial charge in [-0.05, 0) is 37.4 Å². The van der Waals surface area contributed by atoms with E-state index < -0.39 is 9.84 Å². The van der Waals surface area contributed by atoms with Gasteiger partial charge in [0.05, 0.1) is 11.4 Å². The molecule has 0 aliphatic rings. The summed E-state index contributed by atoms with van der Waals surface area (Å²) in [5.41, 5.74) is 2.54. The van der Waals surface area contributed by atoms with Crippen LogP contribution in [-0.4, -0.2) is 36.3 Å². The van der Waals surface area contributed by atoms with Crippen molar-refractivity contribution in [1.82, 2.24) is 15.0 Å². The fourth-order valence-corrected chi connectivity index (χ4v) is 2.18. The Bertz CT molecular complexity index is 813. The first kappa shape index (κ1) is 15.0. The Morgan fingerprint density at radius 1 is 1.29 bits per heavy atom. The van der Waals surface area contributed by atoms with Gasteiger partial charge in [0.15, 0.2) is 0 Å². The number of aryl methyl sites for hydroxylation is 1. The highest BCUT2D eigenvalue weighted by molar-refractivity contribution is 7.90. The van der Waals surface area contributed by atoms with E-state index >= 15 is 0 Å². The van der Waals surface area contributed by atoms with E-state index in [-0.39, 0.29) is 5.16 Å². The zero-order valence-corrected chi connectivity index (χ0v) is 12.5. The molecule has 0 unspecified atom stereocenters. The number of rotatable bonds is 4. The molecule has 0 amide bonds. The van der Waals surface area contributed by atoms with Crippen molar-refractivity contribution < 1.29 is 8.42 Å². The molecular weight excluding hydrogens is 288 g/mol. The molecule has 0 aromatic carbocycles. The van der Waals surface area contributed by atoms with Crippen molar-refractivity contribution in [3.05, 3.63) is 47.5 Å². The van der Waals surface area contributed by atoms with Crippen molar-refractivity contribution >= 4 is 28.3 Å². The van der Waals surface area contributed by atoms with Crippen LogP contribution in [0.3, 0.4) is 0 Å². The van der Waals surface area contributed by atoms with E-state index in [2.05, 4.69) is 26.7 Å². The molecule has 0 aliphatic carbocycles. The summed E-state index contributed by atoms with van der Waals surface area (Å²) < 4.78 is 23.0. The molecule has 0 saturated carbocycles. The molecule has 6 nitrogen and oxygen atoms in total. The van der Waals surface area contributed by atoms with Crippen LogP contribution in [0.5, 0.6) is 0 Å². The maximum atomic E-state index is 11.5. The molecule has 0 fully saturated rings. The van der Waals surface area contributed by atoms with Crippen molar-refractivity contribution in [1.29, 1.82) is 0 Å². The second-order valence-electron chi connectivity index (χ2n) is 4.36. The Hall–Kier alpha value is -2.41. The standard InChI is InChI=1S/C14H14N4O2S/c1-10-11(5-4-7-16-10)9-13(15-2)12-6-8-17-14(18-12)21(3,19)20/h4-9H,2H2,1,3H3/b13-9-. The van der Waals surface area contributed by atoms with Crippen LogP contribution in [0.15, 0.2) is 40.7 Å². The molecule has 108 valence electrons. The summed E-state index contributed by atoms with van der Waals surface area (Å²) in [4.78, 5) is 15.9. The largest absolute Gasteiger partial charge is 0.262 e. The van der Waals surface area contributed by atoms with Crippen LogP contribution in [0, 0.1) is 6.92 Å². The maximum Gasteiger partial charge on any atom is 0.247 e. The molecule has 0 saturated heterocycles. The minimum absolute atomic E-state index is 0.238. The molecule has 7 heteroatoms.